The zero-order valence-electron chi connectivity index (χ0n) is 18.2. The maximum absolute atomic E-state index is 13.4. The second kappa shape index (κ2) is 7.94. The lowest BCUT2D eigenvalue weighted by Crippen LogP contribution is -2.25. The largest absolute Gasteiger partial charge is 0.332 e. The van der Waals surface area contributed by atoms with E-state index in [0.29, 0.717) is 23.4 Å². The van der Waals surface area contributed by atoms with Gasteiger partial charge in [0, 0.05) is 35.5 Å². The third-order valence-corrected chi connectivity index (χ3v) is 6.68. The van der Waals surface area contributed by atoms with Crippen LogP contribution in [0.4, 0.5) is 5.82 Å². The molecule has 0 radical (unpaired) electrons. The summed E-state index contributed by atoms with van der Waals surface area (Å²) in [6.07, 6.45) is 1.61. The molecule has 1 aromatic carbocycles. The molecule has 0 atom stereocenters. The molecule has 32 heavy (non-hydrogen) atoms. The zero-order valence-corrected chi connectivity index (χ0v) is 19.0. The van der Waals surface area contributed by atoms with Crippen molar-refractivity contribution in [3.05, 3.63) is 80.9 Å². The van der Waals surface area contributed by atoms with Crippen LogP contribution in [0.2, 0.25) is 0 Å². The van der Waals surface area contributed by atoms with Gasteiger partial charge in [0.2, 0.25) is 5.43 Å². The standard InChI is InChI=1S/C24H23N5O2S/c1-4-28-11-18(21(30)17-10-7-15(3)25-22(17)28)24(31)26-23-19-12-32-13-20(19)27-29(23)16-8-5-14(2)6-9-16/h5-11H,4,12-13H2,1-3H3,(H,26,31). The van der Waals surface area contributed by atoms with Gasteiger partial charge in [-0.1, -0.05) is 17.7 Å². The first kappa shape index (κ1) is 20.5. The number of carbonyl (C=O) groups excluding carboxylic acids is 1. The smallest absolute Gasteiger partial charge is 0.262 e. The number of benzene rings is 1. The van der Waals surface area contributed by atoms with Gasteiger partial charge in [-0.3, -0.25) is 9.59 Å². The van der Waals surface area contributed by atoms with Gasteiger partial charge in [-0.25, -0.2) is 9.67 Å². The van der Waals surface area contributed by atoms with Gasteiger partial charge in [-0.15, -0.1) is 0 Å². The van der Waals surface area contributed by atoms with E-state index in [1.54, 1.807) is 34.8 Å². The summed E-state index contributed by atoms with van der Waals surface area (Å²) in [5.41, 5.74) is 5.20. The van der Waals surface area contributed by atoms with E-state index in [0.717, 1.165) is 39.7 Å². The van der Waals surface area contributed by atoms with Gasteiger partial charge in [0.05, 0.1) is 16.8 Å². The van der Waals surface area contributed by atoms with Gasteiger partial charge in [-0.2, -0.15) is 16.9 Å². The topological polar surface area (TPSA) is 81.8 Å². The van der Waals surface area contributed by atoms with Crippen LogP contribution in [0.25, 0.3) is 16.7 Å². The Bertz CT molecular complexity index is 1420. The molecule has 0 saturated carbocycles. The van der Waals surface area contributed by atoms with Crippen molar-refractivity contribution in [1.29, 1.82) is 0 Å². The predicted molar refractivity (Wildman–Crippen MR) is 128 cm³/mol. The number of thioether (sulfide) groups is 1. The average Bonchev–Trinajstić information content (AvgIpc) is 3.37. The van der Waals surface area contributed by atoms with Crippen molar-refractivity contribution in [2.45, 2.75) is 38.8 Å². The molecule has 0 spiro atoms. The maximum Gasteiger partial charge on any atom is 0.262 e. The van der Waals surface area contributed by atoms with Crippen LogP contribution in [0.5, 0.6) is 0 Å². The minimum atomic E-state index is -0.437. The van der Waals surface area contributed by atoms with E-state index in [9.17, 15) is 9.59 Å². The molecular formula is C24H23N5O2S. The molecular weight excluding hydrogens is 422 g/mol. The SMILES string of the molecule is CCn1cc(C(=O)Nc2c3c(nn2-c2ccc(C)cc2)CSC3)c(=O)c2ccc(C)nc21. The Hall–Kier alpha value is -3.39. The van der Waals surface area contributed by atoms with E-state index in [-0.39, 0.29) is 11.0 Å². The highest BCUT2D eigenvalue weighted by Gasteiger charge is 2.26. The number of hydrogen-bond donors (Lipinski definition) is 1. The minimum Gasteiger partial charge on any atom is -0.332 e. The molecule has 5 rings (SSSR count). The lowest BCUT2D eigenvalue weighted by molar-refractivity contribution is 0.102. The van der Waals surface area contributed by atoms with Crippen molar-refractivity contribution in [2.75, 3.05) is 5.32 Å². The first-order valence-corrected chi connectivity index (χ1v) is 11.7. The summed E-state index contributed by atoms with van der Waals surface area (Å²) < 4.78 is 3.61. The van der Waals surface area contributed by atoms with Gasteiger partial charge in [0.15, 0.2) is 0 Å². The van der Waals surface area contributed by atoms with Gasteiger partial charge < -0.3 is 9.88 Å². The molecule has 0 unspecified atom stereocenters. The molecule has 1 aliphatic rings. The summed E-state index contributed by atoms with van der Waals surface area (Å²) in [4.78, 5) is 31.0. The highest BCUT2D eigenvalue weighted by atomic mass is 32.2. The first-order valence-electron chi connectivity index (χ1n) is 10.5. The number of aromatic nitrogens is 4. The number of anilines is 1. The van der Waals surface area contributed by atoms with Gasteiger partial charge in [0.25, 0.3) is 5.91 Å². The number of pyridine rings is 2. The first-order chi connectivity index (χ1) is 15.5. The Morgan fingerprint density at radius 2 is 1.91 bits per heavy atom. The molecule has 7 nitrogen and oxygen atoms in total. The van der Waals surface area contributed by atoms with Crippen LogP contribution >= 0.6 is 11.8 Å². The van der Waals surface area contributed by atoms with Crippen LogP contribution in [0.3, 0.4) is 0 Å². The predicted octanol–water partition coefficient (Wildman–Crippen LogP) is 4.22. The van der Waals surface area contributed by atoms with E-state index in [4.69, 9.17) is 5.10 Å². The van der Waals surface area contributed by atoms with Crippen LogP contribution in [0.15, 0.2) is 47.4 Å². The van der Waals surface area contributed by atoms with Crippen LogP contribution < -0.4 is 10.7 Å². The van der Waals surface area contributed by atoms with Crippen LogP contribution in [-0.4, -0.2) is 25.2 Å². The van der Waals surface area contributed by atoms with Crippen molar-refractivity contribution in [1.82, 2.24) is 19.3 Å². The molecule has 1 amide bonds. The van der Waals surface area contributed by atoms with Crippen molar-refractivity contribution >= 4 is 34.5 Å². The molecule has 4 heterocycles. The molecule has 3 aromatic heterocycles. The number of nitrogens with zero attached hydrogens (tertiary/aromatic N) is 4. The highest BCUT2D eigenvalue weighted by molar-refractivity contribution is 7.98. The summed E-state index contributed by atoms with van der Waals surface area (Å²) in [6, 6.07) is 11.5. The average molecular weight is 446 g/mol. The molecule has 0 bridgehead atoms. The second-order valence-corrected chi connectivity index (χ2v) is 8.94. The van der Waals surface area contributed by atoms with E-state index in [2.05, 4.69) is 10.3 Å². The Labute approximate surface area is 189 Å². The fraction of sp³-hybridized carbons (Fsp3) is 0.250. The van der Waals surface area contributed by atoms with Crippen LogP contribution in [-0.2, 0) is 18.1 Å². The lowest BCUT2D eigenvalue weighted by Gasteiger charge is -2.13. The minimum absolute atomic E-state index is 0.0982. The van der Waals surface area contributed by atoms with Crippen LogP contribution in [0, 0.1) is 13.8 Å². The van der Waals surface area contributed by atoms with E-state index < -0.39 is 5.91 Å². The lowest BCUT2D eigenvalue weighted by atomic mass is 10.1. The maximum atomic E-state index is 13.4. The van der Waals surface area contributed by atoms with E-state index >= 15 is 0 Å². The zero-order chi connectivity index (χ0) is 22.4. The summed E-state index contributed by atoms with van der Waals surface area (Å²) in [5, 5.41) is 8.19. The molecule has 1 N–H and O–H groups in total. The van der Waals surface area contributed by atoms with E-state index in [1.807, 2.05) is 49.6 Å². The normalized spacial score (nSPS) is 12.8. The third kappa shape index (κ3) is 3.40. The Morgan fingerprint density at radius 1 is 1.12 bits per heavy atom. The summed E-state index contributed by atoms with van der Waals surface area (Å²) in [6.45, 7) is 6.48. The second-order valence-electron chi connectivity index (χ2n) is 7.95. The van der Waals surface area contributed by atoms with Gasteiger partial charge >= 0.3 is 0 Å². The number of fused-ring (bicyclic) bond motifs is 2. The monoisotopic (exact) mass is 445 g/mol. The number of hydrogen-bond acceptors (Lipinski definition) is 5. The van der Waals surface area contributed by atoms with Crippen molar-refractivity contribution in [2.24, 2.45) is 0 Å². The number of aryl methyl sites for hydroxylation is 3. The summed E-state index contributed by atoms with van der Waals surface area (Å²) >= 11 is 1.76. The van der Waals surface area contributed by atoms with Crippen molar-refractivity contribution in [3.63, 3.8) is 0 Å². The van der Waals surface area contributed by atoms with E-state index in [1.165, 1.54) is 0 Å². The number of carbonyl (C=O) groups is 1. The van der Waals surface area contributed by atoms with Gasteiger partial charge in [0.1, 0.15) is 17.0 Å². The molecule has 162 valence electrons. The van der Waals surface area contributed by atoms with Crippen molar-refractivity contribution in [3.8, 4) is 5.69 Å². The molecule has 0 fully saturated rings. The Morgan fingerprint density at radius 3 is 2.66 bits per heavy atom. The number of rotatable bonds is 4. The molecule has 1 aliphatic heterocycles. The molecule has 0 saturated heterocycles. The Kier molecular flexibility index (Phi) is 5.09. The molecule has 4 aromatic rings. The van der Waals surface area contributed by atoms with Gasteiger partial charge in [-0.05, 0) is 45.0 Å². The van der Waals surface area contributed by atoms with Crippen molar-refractivity contribution < 1.29 is 4.79 Å². The Balaban J connectivity index is 1.60. The quantitative estimate of drug-likeness (QED) is 0.509. The summed E-state index contributed by atoms with van der Waals surface area (Å²) in [7, 11) is 0. The fourth-order valence-electron chi connectivity index (χ4n) is 3.95. The third-order valence-electron chi connectivity index (χ3n) is 5.71. The van der Waals surface area contributed by atoms with Crippen LogP contribution in [0.1, 0.15) is 39.8 Å². The summed E-state index contributed by atoms with van der Waals surface area (Å²) in [5.74, 6) is 1.77. The highest BCUT2D eigenvalue weighted by Crippen LogP contribution is 2.36. The molecule has 0 aliphatic carbocycles. The molecule has 8 heteroatoms. The fourth-order valence-corrected chi connectivity index (χ4v) is 4.99. The number of nitrogens with one attached hydrogen (secondary N) is 1. The number of amides is 1.